The van der Waals surface area contributed by atoms with E-state index >= 15 is 0 Å². The van der Waals surface area contributed by atoms with Crippen molar-refractivity contribution in [2.75, 3.05) is 0 Å². The van der Waals surface area contributed by atoms with Crippen molar-refractivity contribution >= 4 is 10.9 Å². The second-order valence-electron chi connectivity index (χ2n) is 4.65. The van der Waals surface area contributed by atoms with Gasteiger partial charge in [-0.25, -0.2) is 0 Å². The van der Waals surface area contributed by atoms with E-state index in [4.69, 9.17) is 0 Å². The summed E-state index contributed by atoms with van der Waals surface area (Å²) in [5, 5.41) is 1.39. The van der Waals surface area contributed by atoms with Crippen LogP contribution in [0.2, 0.25) is 0 Å². The smallest absolute Gasteiger partial charge is 0.0482 e. The highest BCUT2D eigenvalue weighted by atomic mass is 14.9. The van der Waals surface area contributed by atoms with E-state index in [2.05, 4.69) is 48.5 Å². The molecule has 0 aliphatic rings. The topological polar surface area (TPSA) is 4.93 Å². The van der Waals surface area contributed by atoms with Gasteiger partial charge in [-0.15, -0.1) is 6.58 Å². The second kappa shape index (κ2) is 5.72. The third-order valence-corrected chi connectivity index (χ3v) is 3.34. The zero-order valence-corrected chi connectivity index (χ0v) is 10.7. The van der Waals surface area contributed by atoms with Crippen LogP contribution in [-0.2, 0) is 6.54 Å². The van der Waals surface area contributed by atoms with Crippen molar-refractivity contribution in [1.82, 2.24) is 4.57 Å². The summed E-state index contributed by atoms with van der Waals surface area (Å²) in [5.41, 5.74) is 2.74. The Kier molecular flexibility index (Phi) is 4.03. The lowest BCUT2D eigenvalue weighted by Crippen LogP contribution is -1.95. The fraction of sp³-hybridized carbons (Fsp3) is 0.375. The third-order valence-electron chi connectivity index (χ3n) is 3.34. The minimum atomic E-state index is 1.13. The van der Waals surface area contributed by atoms with Crippen molar-refractivity contribution in [3.63, 3.8) is 0 Å². The molecule has 17 heavy (non-hydrogen) atoms. The Morgan fingerprint density at radius 1 is 1.18 bits per heavy atom. The van der Waals surface area contributed by atoms with Crippen LogP contribution in [0.3, 0.4) is 0 Å². The number of aromatic nitrogens is 1. The normalized spacial score (nSPS) is 10.9. The highest BCUT2D eigenvalue weighted by Gasteiger charge is 2.01. The molecule has 0 amide bonds. The molecule has 1 nitrogen and oxygen atoms in total. The Balaban J connectivity index is 1.99. The molecule has 1 aromatic carbocycles. The van der Waals surface area contributed by atoms with Gasteiger partial charge < -0.3 is 4.57 Å². The summed E-state index contributed by atoms with van der Waals surface area (Å²) in [6, 6.07) is 8.77. The first-order valence-corrected chi connectivity index (χ1v) is 6.48. The summed E-state index contributed by atoms with van der Waals surface area (Å²) < 4.78 is 2.37. The summed E-state index contributed by atoms with van der Waals surface area (Å²) in [7, 11) is 0. The first-order chi connectivity index (χ1) is 8.33. The maximum absolute atomic E-state index is 3.75. The quantitative estimate of drug-likeness (QED) is 0.498. The molecule has 0 spiro atoms. The van der Waals surface area contributed by atoms with Crippen LogP contribution in [-0.4, -0.2) is 4.57 Å². The number of hydrogen-bond acceptors (Lipinski definition) is 0. The van der Waals surface area contributed by atoms with Crippen LogP contribution in [0.4, 0.5) is 0 Å². The number of unbranched alkanes of at least 4 members (excludes halogenated alkanes) is 3. The number of allylic oxidation sites excluding steroid dienone is 1. The minimum Gasteiger partial charge on any atom is -0.347 e. The molecule has 1 heteroatoms. The number of aryl methyl sites for hydroxylation is 2. The lowest BCUT2D eigenvalue weighted by Gasteiger charge is -2.05. The van der Waals surface area contributed by atoms with Crippen molar-refractivity contribution in [2.24, 2.45) is 0 Å². The van der Waals surface area contributed by atoms with Crippen molar-refractivity contribution < 1.29 is 0 Å². The first-order valence-electron chi connectivity index (χ1n) is 6.48. The predicted octanol–water partition coefficient (Wildman–Crippen LogP) is 4.70. The fourth-order valence-electron chi connectivity index (χ4n) is 2.32. The van der Waals surface area contributed by atoms with Gasteiger partial charge in [-0.3, -0.25) is 0 Å². The van der Waals surface area contributed by atoms with E-state index in [-0.39, 0.29) is 0 Å². The van der Waals surface area contributed by atoms with Gasteiger partial charge in [-0.2, -0.15) is 0 Å². The lowest BCUT2D eigenvalue weighted by molar-refractivity contribution is 0.603. The van der Waals surface area contributed by atoms with Gasteiger partial charge in [-0.05, 0) is 43.9 Å². The van der Waals surface area contributed by atoms with E-state index in [1.54, 1.807) is 0 Å². The van der Waals surface area contributed by atoms with E-state index in [1.807, 2.05) is 6.08 Å². The summed E-state index contributed by atoms with van der Waals surface area (Å²) in [6.45, 7) is 7.06. The van der Waals surface area contributed by atoms with Crippen LogP contribution in [0.15, 0.2) is 43.1 Å². The average Bonchev–Trinajstić information content (AvgIpc) is 2.74. The molecule has 0 aliphatic carbocycles. The van der Waals surface area contributed by atoms with Gasteiger partial charge in [0.15, 0.2) is 0 Å². The Labute approximate surface area is 104 Å². The average molecular weight is 227 g/mol. The molecule has 2 rings (SSSR count). The summed E-state index contributed by atoms with van der Waals surface area (Å²) >= 11 is 0. The molecule has 0 N–H and O–H groups in total. The zero-order valence-electron chi connectivity index (χ0n) is 10.7. The number of rotatable bonds is 6. The molecule has 0 saturated heterocycles. The van der Waals surface area contributed by atoms with Crippen molar-refractivity contribution in [3.05, 3.63) is 48.7 Å². The third kappa shape index (κ3) is 2.79. The predicted molar refractivity (Wildman–Crippen MR) is 75.3 cm³/mol. The van der Waals surface area contributed by atoms with Gasteiger partial charge in [-0.1, -0.05) is 24.6 Å². The lowest BCUT2D eigenvalue weighted by atomic mass is 10.1. The number of nitrogens with zero attached hydrogens (tertiary/aromatic N) is 1. The number of fused-ring (bicyclic) bond motifs is 1. The van der Waals surface area contributed by atoms with Crippen molar-refractivity contribution in [3.8, 4) is 0 Å². The molecule has 90 valence electrons. The maximum Gasteiger partial charge on any atom is 0.0482 e. The summed E-state index contributed by atoms with van der Waals surface area (Å²) in [6.07, 6.45) is 9.18. The van der Waals surface area contributed by atoms with Crippen LogP contribution < -0.4 is 0 Å². The molecule has 0 fully saturated rings. The summed E-state index contributed by atoms with van der Waals surface area (Å²) in [4.78, 5) is 0. The van der Waals surface area contributed by atoms with Crippen molar-refractivity contribution in [2.45, 2.75) is 39.2 Å². The minimum absolute atomic E-state index is 1.13. The second-order valence-corrected chi connectivity index (χ2v) is 4.65. The Morgan fingerprint density at radius 3 is 2.88 bits per heavy atom. The van der Waals surface area contributed by atoms with E-state index < -0.39 is 0 Å². The van der Waals surface area contributed by atoms with E-state index in [0.29, 0.717) is 0 Å². The SMILES string of the molecule is C=CCCCCCn1ccc2c(C)cccc21. The van der Waals surface area contributed by atoms with Gasteiger partial charge in [0, 0.05) is 23.6 Å². The van der Waals surface area contributed by atoms with Crippen LogP contribution in [0.1, 0.15) is 31.2 Å². The summed E-state index contributed by atoms with van der Waals surface area (Å²) in [5.74, 6) is 0. The van der Waals surface area contributed by atoms with Gasteiger partial charge >= 0.3 is 0 Å². The molecule has 0 aliphatic heterocycles. The van der Waals surface area contributed by atoms with Crippen LogP contribution in [0.5, 0.6) is 0 Å². The van der Waals surface area contributed by atoms with Gasteiger partial charge in [0.25, 0.3) is 0 Å². The number of hydrogen-bond donors (Lipinski definition) is 0. The fourth-order valence-corrected chi connectivity index (χ4v) is 2.32. The first kappa shape index (κ1) is 12.0. The highest BCUT2D eigenvalue weighted by molar-refractivity contribution is 5.83. The van der Waals surface area contributed by atoms with E-state index in [1.165, 1.54) is 35.7 Å². The Hall–Kier alpha value is -1.50. The van der Waals surface area contributed by atoms with E-state index in [9.17, 15) is 0 Å². The molecule has 0 radical (unpaired) electrons. The molecule has 0 bridgehead atoms. The number of benzene rings is 1. The van der Waals surface area contributed by atoms with Gasteiger partial charge in [0.1, 0.15) is 0 Å². The zero-order chi connectivity index (χ0) is 12.1. The van der Waals surface area contributed by atoms with Crippen molar-refractivity contribution in [1.29, 1.82) is 0 Å². The van der Waals surface area contributed by atoms with Crippen LogP contribution in [0, 0.1) is 6.92 Å². The molecule has 1 heterocycles. The Bertz CT molecular complexity index is 493. The standard InChI is InChI=1S/C16H21N/c1-3-4-5-6-7-12-17-13-11-15-14(2)9-8-10-16(15)17/h3,8-11,13H,1,4-7,12H2,2H3. The highest BCUT2D eigenvalue weighted by Crippen LogP contribution is 2.20. The van der Waals surface area contributed by atoms with Gasteiger partial charge in [0.2, 0.25) is 0 Å². The van der Waals surface area contributed by atoms with E-state index in [0.717, 1.165) is 13.0 Å². The largest absolute Gasteiger partial charge is 0.347 e. The Morgan fingerprint density at radius 2 is 2.06 bits per heavy atom. The van der Waals surface area contributed by atoms with Crippen LogP contribution in [0.25, 0.3) is 10.9 Å². The van der Waals surface area contributed by atoms with Gasteiger partial charge in [0.05, 0.1) is 0 Å². The molecular weight excluding hydrogens is 206 g/mol. The molecule has 0 saturated carbocycles. The molecule has 1 aromatic heterocycles. The maximum atomic E-state index is 3.75. The monoisotopic (exact) mass is 227 g/mol. The molecule has 0 atom stereocenters. The molecule has 2 aromatic rings. The van der Waals surface area contributed by atoms with Crippen LogP contribution >= 0.6 is 0 Å². The molecular formula is C16H21N. The molecule has 0 unspecified atom stereocenters.